The highest BCUT2D eigenvalue weighted by Gasteiger charge is 2.11. The molecule has 0 spiro atoms. The molecule has 1 aliphatic carbocycles. The van der Waals surface area contributed by atoms with E-state index in [1.54, 1.807) is 48.5 Å². The van der Waals surface area contributed by atoms with Crippen molar-refractivity contribution in [2.45, 2.75) is 32.6 Å². The number of nitrogens with one attached hydrogen (secondary N) is 2. The summed E-state index contributed by atoms with van der Waals surface area (Å²) in [6.07, 6.45) is 5.91. The maximum atomic E-state index is 12.5. The lowest BCUT2D eigenvalue weighted by atomic mass is 10.2. The number of anilines is 2. The molecule has 0 saturated heterocycles. The first-order chi connectivity index (χ1) is 13.5. The largest absolute Gasteiger partial charge is 0.427 e. The molecule has 1 saturated carbocycles. The van der Waals surface area contributed by atoms with Crippen LogP contribution in [-0.4, -0.2) is 17.8 Å². The Morgan fingerprint density at radius 3 is 2.32 bits per heavy atom. The summed E-state index contributed by atoms with van der Waals surface area (Å²) in [6.45, 7) is 1.30. The molecule has 0 radical (unpaired) electrons. The summed E-state index contributed by atoms with van der Waals surface area (Å²) in [4.78, 5) is 35.7. The summed E-state index contributed by atoms with van der Waals surface area (Å²) in [5.41, 5.74) is 2.69. The predicted octanol–water partition coefficient (Wildman–Crippen LogP) is 4.30. The Hall–Kier alpha value is -3.41. The molecule has 0 bridgehead atoms. The van der Waals surface area contributed by atoms with Gasteiger partial charge in [0.05, 0.1) is 0 Å². The molecule has 0 unspecified atom stereocenters. The molecule has 1 aliphatic rings. The fourth-order valence-electron chi connectivity index (χ4n) is 3.08. The van der Waals surface area contributed by atoms with Gasteiger partial charge in [-0.25, -0.2) is 0 Å². The van der Waals surface area contributed by atoms with Crippen LogP contribution in [0.25, 0.3) is 0 Å². The van der Waals surface area contributed by atoms with Crippen molar-refractivity contribution in [3.63, 3.8) is 0 Å². The number of hydrogen-bond acceptors (Lipinski definition) is 4. The molecule has 0 heterocycles. The molecular formula is C22H22N2O4. The van der Waals surface area contributed by atoms with Gasteiger partial charge in [0.2, 0.25) is 5.91 Å². The normalized spacial score (nSPS) is 13.0. The van der Waals surface area contributed by atoms with Crippen LogP contribution in [0.15, 0.2) is 60.2 Å². The highest BCUT2D eigenvalue weighted by atomic mass is 16.5. The van der Waals surface area contributed by atoms with Gasteiger partial charge >= 0.3 is 5.97 Å². The third kappa shape index (κ3) is 5.54. The number of allylic oxidation sites excluding steroid dienone is 1. The van der Waals surface area contributed by atoms with Gasteiger partial charge in [-0.1, -0.05) is 17.7 Å². The average Bonchev–Trinajstić information content (AvgIpc) is 3.14. The molecule has 1 fully saturated rings. The van der Waals surface area contributed by atoms with Gasteiger partial charge < -0.3 is 15.4 Å². The standard InChI is InChI=1S/C22H22N2O4/c1-15(25)28-20-11-4-8-17(13-20)22(27)24-19-10-5-9-18(14-19)23-21(26)12-16-6-2-3-7-16/h4-5,8-14H,2-3,6-7H2,1H3,(H,23,26)(H,24,27). The number of ether oxygens (including phenoxy) is 1. The van der Waals surface area contributed by atoms with Crippen molar-refractivity contribution in [1.82, 2.24) is 0 Å². The second-order valence-electron chi connectivity index (χ2n) is 6.66. The molecule has 0 aliphatic heterocycles. The van der Waals surface area contributed by atoms with E-state index < -0.39 is 5.97 Å². The lowest BCUT2D eigenvalue weighted by molar-refractivity contribution is -0.131. The van der Waals surface area contributed by atoms with E-state index >= 15 is 0 Å². The van der Waals surface area contributed by atoms with Crippen LogP contribution in [0.5, 0.6) is 5.75 Å². The maximum Gasteiger partial charge on any atom is 0.308 e. The Morgan fingerprint density at radius 2 is 1.61 bits per heavy atom. The second-order valence-corrected chi connectivity index (χ2v) is 6.66. The molecule has 2 aromatic carbocycles. The van der Waals surface area contributed by atoms with Gasteiger partial charge in [0.15, 0.2) is 0 Å². The van der Waals surface area contributed by atoms with Crippen molar-refractivity contribution in [1.29, 1.82) is 0 Å². The van der Waals surface area contributed by atoms with E-state index in [2.05, 4.69) is 10.6 Å². The van der Waals surface area contributed by atoms with Crippen LogP contribution in [0.2, 0.25) is 0 Å². The third-order valence-corrected chi connectivity index (χ3v) is 4.33. The Balaban J connectivity index is 1.65. The van der Waals surface area contributed by atoms with E-state index in [0.29, 0.717) is 22.7 Å². The summed E-state index contributed by atoms with van der Waals surface area (Å²) >= 11 is 0. The van der Waals surface area contributed by atoms with Gasteiger partial charge in [0.25, 0.3) is 5.91 Å². The first kappa shape index (κ1) is 19.4. The van der Waals surface area contributed by atoms with Crippen LogP contribution in [0, 0.1) is 0 Å². The fraction of sp³-hybridized carbons (Fsp3) is 0.227. The maximum absolute atomic E-state index is 12.5. The van der Waals surface area contributed by atoms with Gasteiger partial charge in [-0.2, -0.15) is 0 Å². The van der Waals surface area contributed by atoms with Crippen LogP contribution in [0.4, 0.5) is 11.4 Å². The number of rotatable bonds is 5. The van der Waals surface area contributed by atoms with Crippen molar-refractivity contribution < 1.29 is 19.1 Å². The second kappa shape index (κ2) is 8.99. The number of carbonyl (C=O) groups is 3. The smallest absolute Gasteiger partial charge is 0.308 e. The van der Waals surface area contributed by atoms with Crippen molar-refractivity contribution in [2.75, 3.05) is 10.6 Å². The summed E-state index contributed by atoms with van der Waals surface area (Å²) in [6, 6.07) is 13.3. The highest BCUT2D eigenvalue weighted by molar-refractivity contribution is 6.05. The quantitative estimate of drug-likeness (QED) is 0.461. The van der Waals surface area contributed by atoms with E-state index in [0.717, 1.165) is 25.7 Å². The van der Waals surface area contributed by atoms with Crippen LogP contribution in [0.1, 0.15) is 43.0 Å². The number of amides is 2. The number of esters is 1. The van der Waals surface area contributed by atoms with Crippen LogP contribution in [-0.2, 0) is 9.59 Å². The van der Waals surface area contributed by atoms with E-state index in [9.17, 15) is 14.4 Å². The topological polar surface area (TPSA) is 84.5 Å². The zero-order valence-electron chi connectivity index (χ0n) is 15.7. The Morgan fingerprint density at radius 1 is 0.929 bits per heavy atom. The van der Waals surface area contributed by atoms with Crippen LogP contribution in [0.3, 0.4) is 0 Å². The van der Waals surface area contributed by atoms with E-state index in [-0.39, 0.29) is 11.8 Å². The van der Waals surface area contributed by atoms with E-state index in [1.165, 1.54) is 18.6 Å². The molecule has 3 rings (SSSR count). The Labute approximate surface area is 163 Å². The molecule has 6 nitrogen and oxygen atoms in total. The minimum atomic E-state index is -0.450. The number of hydrogen-bond donors (Lipinski definition) is 2. The number of benzene rings is 2. The molecule has 28 heavy (non-hydrogen) atoms. The summed E-state index contributed by atoms with van der Waals surface area (Å²) in [5, 5.41) is 5.61. The highest BCUT2D eigenvalue weighted by Crippen LogP contribution is 2.24. The molecule has 2 aromatic rings. The van der Waals surface area contributed by atoms with E-state index in [1.807, 2.05) is 0 Å². The first-order valence-corrected chi connectivity index (χ1v) is 9.20. The summed E-state index contributed by atoms with van der Waals surface area (Å²) in [5.74, 6) is -0.644. The SMILES string of the molecule is CC(=O)Oc1cccc(C(=O)Nc2cccc(NC(=O)C=C3CCCC3)c2)c1. The van der Waals surface area contributed by atoms with Gasteiger partial charge in [0, 0.05) is 29.9 Å². The molecular weight excluding hydrogens is 356 g/mol. The monoisotopic (exact) mass is 378 g/mol. The molecule has 0 aromatic heterocycles. The van der Waals surface area contributed by atoms with Gasteiger partial charge in [-0.05, 0) is 62.1 Å². The van der Waals surface area contributed by atoms with Crippen molar-refractivity contribution in [3.8, 4) is 5.75 Å². The molecule has 144 valence electrons. The third-order valence-electron chi connectivity index (χ3n) is 4.33. The Bertz CT molecular complexity index is 926. The Kier molecular flexibility index (Phi) is 6.22. The molecule has 2 N–H and O–H groups in total. The number of carbonyl (C=O) groups excluding carboxylic acids is 3. The lowest BCUT2D eigenvalue weighted by Gasteiger charge is -2.09. The average molecular weight is 378 g/mol. The lowest BCUT2D eigenvalue weighted by Crippen LogP contribution is -2.13. The summed E-state index contributed by atoms with van der Waals surface area (Å²) < 4.78 is 5.00. The molecule has 0 atom stereocenters. The van der Waals surface area contributed by atoms with Gasteiger partial charge in [-0.3, -0.25) is 14.4 Å². The van der Waals surface area contributed by atoms with Crippen LogP contribution < -0.4 is 15.4 Å². The first-order valence-electron chi connectivity index (χ1n) is 9.20. The molecule has 6 heteroatoms. The summed E-state index contributed by atoms with van der Waals surface area (Å²) in [7, 11) is 0. The minimum Gasteiger partial charge on any atom is -0.427 e. The zero-order valence-corrected chi connectivity index (χ0v) is 15.7. The minimum absolute atomic E-state index is 0.158. The molecule has 2 amide bonds. The van der Waals surface area contributed by atoms with Crippen LogP contribution >= 0.6 is 0 Å². The fourth-order valence-corrected chi connectivity index (χ4v) is 3.08. The zero-order chi connectivity index (χ0) is 19.9. The van der Waals surface area contributed by atoms with Gasteiger partial charge in [-0.15, -0.1) is 0 Å². The van der Waals surface area contributed by atoms with Crippen molar-refractivity contribution in [3.05, 3.63) is 65.7 Å². The van der Waals surface area contributed by atoms with Crippen molar-refractivity contribution in [2.24, 2.45) is 0 Å². The van der Waals surface area contributed by atoms with E-state index in [4.69, 9.17) is 4.74 Å². The van der Waals surface area contributed by atoms with Gasteiger partial charge in [0.1, 0.15) is 5.75 Å². The van der Waals surface area contributed by atoms with Crippen molar-refractivity contribution >= 4 is 29.2 Å². The predicted molar refractivity (Wildman–Crippen MR) is 107 cm³/mol.